The number of nitrogens with zero attached hydrogens (tertiary/aromatic N) is 10. The monoisotopic (exact) mass is 972 g/mol. The quantitative estimate of drug-likeness (QED) is 0.123. The van der Waals surface area contributed by atoms with Gasteiger partial charge in [-0.3, -0.25) is 29.5 Å². The molecule has 4 aromatic heterocycles. The summed E-state index contributed by atoms with van der Waals surface area (Å²) in [5.41, 5.74) is 8.87. The molecule has 2 N–H and O–H groups in total. The molecule has 7 aromatic rings. The van der Waals surface area contributed by atoms with Gasteiger partial charge in [-0.25, -0.2) is 14.1 Å². The van der Waals surface area contributed by atoms with E-state index in [0.717, 1.165) is 123 Å². The number of carbonyl (C=O) groups excluding carboxylic acids is 3. The van der Waals surface area contributed by atoms with Crippen LogP contribution in [0.25, 0.3) is 33.1 Å². The topological polar surface area (TPSA) is 161 Å². The molecule has 0 spiro atoms. The molecule has 3 amide bonds. The smallest absolute Gasteiger partial charge is 0.254 e. The summed E-state index contributed by atoms with van der Waals surface area (Å²) in [6.07, 6.45) is 11.5. The number of imide groups is 1. The fourth-order valence-corrected chi connectivity index (χ4v) is 11.9. The number of likely N-dealkylation sites (tertiary alicyclic amines) is 2. The number of amides is 3. The molecule has 372 valence electrons. The third-order valence-electron chi connectivity index (χ3n) is 16.1. The summed E-state index contributed by atoms with van der Waals surface area (Å²) < 4.78 is 27.8. The third kappa shape index (κ3) is 9.17. The lowest BCUT2D eigenvalue weighted by Gasteiger charge is -2.33. The summed E-state index contributed by atoms with van der Waals surface area (Å²) in [7, 11) is 2.13. The summed E-state index contributed by atoms with van der Waals surface area (Å²) in [4.78, 5) is 49.1. The molecule has 4 fully saturated rings. The molecule has 2 unspecified atom stereocenters. The molecule has 0 bridgehead atoms. The van der Waals surface area contributed by atoms with E-state index in [1.165, 1.54) is 22.9 Å². The van der Waals surface area contributed by atoms with Crippen molar-refractivity contribution in [2.45, 2.75) is 108 Å². The number of aromatic nitrogens is 7. The molecule has 5 aliphatic rings. The number of hydrogen-bond acceptors (Lipinski definition) is 11. The zero-order valence-electron chi connectivity index (χ0n) is 40.8. The number of rotatable bonds is 11. The van der Waals surface area contributed by atoms with Crippen LogP contribution in [0.1, 0.15) is 115 Å². The molecular weight excluding hydrogens is 912 g/mol. The molecule has 0 radical (unpaired) electrons. The van der Waals surface area contributed by atoms with Gasteiger partial charge in [-0.15, -0.1) is 10.2 Å². The van der Waals surface area contributed by atoms with E-state index in [-0.39, 0.29) is 42.1 Å². The normalized spacial score (nSPS) is 20.8. The van der Waals surface area contributed by atoms with E-state index >= 15 is 4.39 Å². The van der Waals surface area contributed by atoms with Gasteiger partial charge in [-0.05, 0) is 160 Å². The number of aryl methyl sites for hydroxylation is 1. The second kappa shape index (κ2) is 19.7. The molecule has 2 atom stereocenters. The molecular formula is C55H61FN12O4. The van der Waals surface area contributed by atoms with Crippen molar-refractivity contribution in [1.29, 1.82) is 0 Å². The first-order chi connectivity index (χ1) is 35.2. The van der Waals surface area contributed by atoms with Crippen molar-refractivity contribution in [1.82, 2.24) is 54.1 Å². The Morgan fingerprint density at radius 1 is 0.833 bits per heavy atom. The Bertz CT molecular complexity index is 3160. The van der Waals surface area contributed by atoms with Crippen molar-refractivity contribution in [3.05, 3.63) is 125 Å². The summed E-state index contributed by atoms with van der Waals surface area (Å²) in [6.45, 7) is 7.53. The van der Waals surface area contributed by atoms with Crippen LogP contribution < -0.4 is 10.6 Å². The van der Waals surface area contributed by atoms with E-state index < -0.39 is 6.04 Å². The van der Waals surface area contributed by atoms with Gasteiger partial charge in [0.1, 0.15) is 23.3 Å². The number of fused-ring (bicyclic) bond motifs is 3. The van der Waals surface area contributed by atoms with Crippen LogP contribution in [0.4, 0.5) is 10.1 Å². The second-order valence-corrected chi connectivity index (χ2v) is 20.5. The van der Waals surface area contributed by atoms with Crippen molar-refractivity contribution in [3.8, 4) is 11.1 Å². The van der Waals surface area contributed by atoms with E-state index in [1.807, 2.05) is 46.2 Å². The van der Waals surface area contributed by atoms with Crippen LogP contribution in [-0.2, 0) is 47.6 Å². The lowest BCUT2D eigenvalue weighted by Crippen LogP contribution is -2.47. The Kier molecular flexibility index (Phi) is 12.6. The molecule has 5 aliphatic heterocycles. The SMILES string of the molecule is Cn1c(CN2CCC(c3ccc(C(=O)N4CCn5c(CN6CCC(c7ccc(NC8CCC(=O)NC8=O)cc7F)CC6)nnc5C4)cc3)CC2)cc2c(-c3ccc4c(cnn4C4CCCCO4)c3)ccnc21. The Balaban J connectivity index is 0.616. The number of nitrogens with one attached hydrogen (secondary N) is 2. The molecule has 12 rings (SSSR count). The Labute approximate surface area is 417 Å². The molecule has 4 saturated heterocycles. The van der Waals surface area contributed by atoms with Gasteiger partial charge in [0.05, 0.1) is 24.8 Å². The van der Waals surface area contributed by atoms with Crippen molar-refractivity contribution < 1.29 is 23.5 Å². The van der Waals surface area contributed by atoms with Crippen LogP contribution in [0.15, 0.2) is 85.2 Å². The van der Waals surface area contributed by atoms with Crippen molar-refractivity contribution in [3.63, 3.8) is 0 Å². The van der Waals surface area contributed by atoms with Gasteiger partial charge < -0.3 is 24.1 Å². The highest BCUT2D eigenvalue weighted by Gasteiger charge is 2.31. The minimum absolute atomic E-state index is 0.00614. The average Bonchev–Trinajstić information content (AvgIpc) is 4.12. The lowest BCUT2D eigenvalue weighted by atomic mass is 9.89. The molecule has 16 nitrogen and oxygen atoms in total. The second-order valence-electron chi connectivity index (χ2n) is 20.5. The number of benzene rings is 3. The maximum Gasteiger partial charge on any atom is 0.254 e. The maximum absolute atomic E-state index is 15.4. The highest BCUT2D eigenvalue weighted by atomic mass is 19.1. The third-order valence-corrected chi connectivity index (χ3v) is 16.1. The highest BCUT2D eigenvalue weighted by Crippen LogP contribution is 2.36. The predicted molar refractivity (Wildman–Crippen MR) is 270 cm³/mol. The molecule has 0 saturated carbocycles. The largest absolute Gasteiger partial charge is 0.374 e. The Morgan fingerprint density at radius 3 is 2.42 bits per heavy atom. The van der Waals surface area contributed by atoms with E-state index in [9.17, 15) is 14.4 Å². The van der Waals surface area contributed by atoms with Gasteiger partial charge >= 0.3 is 0 Å². The number of hydrogen-bond donors (Lipinski definition) is 2. The van der Waals surface area contributed by atoms with Crippen LogP contribution in [0.5, 0.6) is 0 Å². The molecule has 0 aliphatic carbocycles. The number of piperidine rings is 3. The number of carbonyl (C=O) groups is 3. The Hall–Kier alpha value is -6.82. The first-order valence-corrected chi connectivity index (χ1v) is 25.9. The van der Waals surface area contributed by atoms with Crippen LogP contribution in [0.3, 0.4) is 0 Å². The highest BCUT2D eigenvalue weighted by molar-refractivity contribution is 6.01. The van der Waals surface area contributed by atoms with Crippen molar-refractivity contribution >= 4 is 45.3 Å². The number of pyridine rings is 1. The first-order valence-electron chi connectivity index (χ1n) is 25.9. The zero-order chi connectivity index (χ0) is 48.9. The van der Waals surface area contributed by atoms with E-state index in [4.69, 9.17) is 14.8 Å². The van der Waals surface area contributed by atoms with Crippen molar-refractivity contribution in [2.75, 3.05) is 44.6 Å². The molecule has 72 heavy (non-hydrogen) atoms. The van der Waals surface area contributed by atoms with Crippen LogP contribution in [0.2, 0.25) is 0 Å². The average molecular weight is 973 g/mol. The number of anilines is 1. The van der Waals surface area contributed by atoms with Gasteiger partial charge in [-0.1, -0.05) is 24.3 Å². The van der Waals surface area contributed by atoms with E-state index in [0.29, 0.717) is 55.3 Å². The lowest BCUT2D eigenvalue weighted by molar-refractivity contribution is -0.133. The summed E-state index contributed by atoms with van der Waals surface area (Å²) in [5.74, 6) is 1.28. The summed E-state index contributed by atoms with van der Waals surface area (Å²) >= 11 is 0. The minimum atomic E-state index is -0.557. The van der Waals surface area contributed by atoms with Gasteiger partial charge in [0, 0.05) is 73.6 Å². The predicted octanol–water partition coefficient (Wildman–Crippen LogP) is 7.65. The number of ether oxygens (including phenoxy) is 1. The first kappa shape index (κ1) is 46.3. The van der Waals surface area contributed by atoms with Gasteiger partial charge in [0.25, 0.3) is 5.91 Å². The maximum atomic E-state index is 15.4. The zero-order valence-corrected chi connectivity index (χ0v) is 40.8. The molecule has 17 heteroatoms. The summed E-state index contributed by atoms with van der Waals surface area (Å²) in [5, 5.41) is 21.5. The fraction of sp³-hybridized carbons (Fsp3) is 0.436. The minimum Gasteiger partial charge on any atom is -0.374 e. The molecule has 3 aromatic carbocycles. The van der Waals surface area contributed by atoms with Gasteiger partial charge in [0.2, 0.25) is 11.8 Å². The standard InChI is InChI=1S/C55H61FN12O4/c1-63-42(30-45-43(15-20-57-53(45)63)39-9-13-48-40(28-39)31-58-68(48)52-4-2-3-27-72-52)32-64-21-16-36(17-22-64)35-5-7-38(8-6-35)55(71)66-25-26-67-49(61-62-50(67)34-66)33-65-23-18-37(19-24-65)44-11-10-41(29-46(44)56)59-47-12-14-51(69)60-54(47)70/h5-11,13,15,20,28-31,36-37,47,52,59H,2-4,12,14,16-19,21-27,32-34H2,1H3,(H,60,69,70). The van der Waals surface area contributed by atoms with Gasteiger partial charge in [-0.2, -0.15) is 5.10 Å². The number of halogens is 1. The van der Waals surface area contributed by atoms with Crippen LogP contribution >= 0.6 is 0 Å². The van der Waals surface area contributed by atoms with Crippen LogP contribution in [0, 0.1) is 5.82 Å². The van der Waals surface area contributed by atoms with Gasteiger partial charge in [0.15, 0.2) is 12.1 Å². The fourth-order valence-electron chi connectivity index (χ4n) is 11.9. The van der Waals surface area contributed by atoms with Crippen LogP contribution in [-0.4, -0.2) is 112 Å². The van der Waals surface area contributed by atoms with E-state index in [1.54, 1.807) is 0 Å². The summed E-state index contributed by atoms with van der Waals surface area (Å²) in [6, 6.07) is 23.9. The van der Waals surface area contributed by atoms with Crippen molar-refractivity contribution in [2.24, 2.45) is 7.05 Å². The molecule has 9 heterocycles. The Morgan fingerprint density at radius 2 is 1.64 bits per heavy atom. The van der Waals surface area contributed by atoms with E-state index in [2.05, 4.69) is 89.3 Å².